The highest BCUT2D eigenvalue weighted by Crippen LogP contribution is 2.17. The van der Waals surface area contributed by atoms with E-state index in [1.54, 1.807) is 35.4 Å². The number of thiazole rings is 1. The molecule has 7 nitrogen and oxygen atoms in total. The second kappa shape index (κ2) is 5.88. The number of hydrogen-bond acceptors (Lipinski definition) is 4. The largest absolute Gasteiger partial charge is 0.331 e. The highest BCUT2D eigenvalue weighted by Gasteiger charge is 2.09. The second-order valence-corrected chi connectivity index (χ2v) is 6.24. The zero-order valence-electron chi connectivity index (χ0n) is 13.1. The van der Waals surface area contributed by atoms with Crippen molar-refractivity contribution in [1.29, 1.82) is 0 Å². The summed E-state index contributed by atoms with van der Waals surface area (Å²) in [6.45, 7) is 2.30. The molecule has 1 aromatic carbocycles. The molecule has 0 aliphatic rings. The van der Waals surface area contributed by atoms with Gasteiger partial charge in [0.25, 0.3) is 0 Å². The molecule has 8 heteroatoms. The molecule has 0 saturated carbocycles. The number of aryl methyl sites for hydroxylation is 3. The number of rotatable bonds is 3. The summed E-state index contributed by atoms with van der Waals surface area (Å²) < 4.78 is 3.13. The van der Waals surface area contributed by atoms with Gasteiger partial charge in [-0.25, -0.2) is 14.6 Å². The molecule has 0 unspecified atom stereocenters. The first-order valence-corrected chi connectivity index (χ1v) is 7.95. The number of urea groups is 1. The average Bonchev–Trinajstić information content (AvgIpc) is 3.04. The zero-order chi connectivity index (χ0) is 16.6. The lowest BCUT2D eigenvalue weighted by atomic mass is 10.2. The van der Waals surface area contributed by atoms with E-state index in [9.17, 15) is 9.59 Å². The van der Waals surface area contributed by atoms with Gasteiger partial charge in [-0.15, -0.1) is 11.3 Å². The molecule has 2 amide bonds. The number of carbonyl (C=O) groups is 1. The van der Waals surface area contributed by atoms with Gasteiger partial charge >= 0.3 is 11.7 Å². The first-order valence-electron chi connectivity index (χ1n) is 7.07. The van der Waals surface area contributed by atoms with Gasteiger partial charge in [0.15, 0.2) is 0 Å². The van der Waals surface area contributed by atoms with Crippen molar-refractivity contribution >= 4 is 34.1 Å². The van der Waals surface area contributed by atoms with E-state index in [4.69, 9.17) is 0 Å². The van der Waals surface area contributed by atoms with E-state index in [1.807, 2.05) is 18.4 Å². The fourth-order valence-electron chi connectivity index (χ4n) is 2.40. The second-order valence-electron chi connectivity index (χ2n) is 5.29. The molecule has 0 atom stereocenters. The van der Waals surface area contributed by atoms with E-state index < -0.39 is 0 Å². The number of amides is 2. The summed E-state index contributed by atoms with van der Waals surface area (Å²) in [6.07, 6.45) is 0. The summed E-state index contributed by atoms with van der Waals surface area (Å²) in [4.78, 5) is 28.2. The minimum absolute atomic E-state index is 0.0965. The fourth-order valence-corrected chi connectivity index (χ4v) is 3.11. The normalized spacial score (nSPS) is 10.9. The quantitative estimate of drug-likeness (QED) is 0.770. The van der Waals surface area contributed by atoms with Crippen molar-refractivity contribution in [3.63, 3.8) is 0 Å². The van der Waals surface area contributed by atoms with Crippen LogP contribution >= 0.6 is 11.3 Å². The van der Waals surface area contributed by atoms with Crippen LogP contribution in [-0.4, -0.2) is 20.1 Å². The van der Waals surface area contributed by atoms with Crippen LogP contribution in [0, 0.1) is 6.92 Å². The Labute approximate surface area is 136 Å². The Hall–Kier alpha value is -2.61. The molecular formula is C15H17N5O2S. The van der Waals surface area contributed by atoms with Gasteiger partial charge in [0.05, 0.1) is 17.6 Å². The van der Waals surface area contributed by atoms with Crippen LogP contribution in [0.15, 0.2) is 28.4 Å². The summed E-state index contributed by atoms with van der Waals surface area (Å²) in [6, 6.07) is 5.06. The number of nitrogens with one attached hydrogen (secondary N) is 2. The van der Waals surface area contributed by atoms with E-state index in [2.05, 4.69) is 15.6 Å². The van der Waals surface area contributed by atoms with Crippen molar-refractivity contribution in [3.05, 3.63) is 44.8 Å². The molecule has 0 bridgehead atoms. The Balaban J connectivity index is 1.72. The van der Waals surface area contributed by atoms with Crippen LogP contribution in [0.3, 0.4) is 0 Å². The molecule has 3 rings (SSSR count). The molecule has 23 heavy (non-hydrogen) atoms. The fraction of sp³-hybridized carbons (Fsp3) is 0.267. The minimum atomic E-state index is -0.307. The summed E-state index contributed by atoms with van der Waals surface area (Å²) in [5, 5.41) is 8.34. The standard InChI is InChI=1S/C15H17N5O2S/c1-9-8-23-13(17-9)7-16-14(21)18-10-4-5-11-12(6-10)20(3)15(22)19(11)2/h4-6,8H,7H2,1-3H3,(H2,16,18,21). The van der Waals surface area contributed by atoms with Crippen LogP contribution in [-0.2, 0) is 20.6 Å². The molecule has 3 aromatic rings. The summed E-state index contributed by atoms with van der Waals surface area (Å²) in [5.41, 5.74) is 3.07. The third kappa shape index (κ3) is 2.98. The van der Waals surface area contributed by atoms with Crippen molar-refractivity contribution in [3.8, 4) is 0 Å². The molecule has 120 valence electrons. The number of fused-ring (bicyclic) bond motifs is 1. The number of benzene rings is 1. The number of anilines is 1. The molecule has 0 saturated heterocycles. The van der Waals surface area contributed by atoms with Gasteiger partial charge in [-0.1, -0.05) is 0 Å². The Bertz CT molecular complexity index is 937. The maximum Gasteiger partial charge on any atom is 0.328 e. The third-order valence-electron chi connectivity index (χ3n) is 3.60. The van der Waals surface area contributed by atoms with Crippen LogP contribution in [0.2, 0.25) is 0 Å². The van der Waals surface area contributed by atoms with Crippen LogP contribution < -0.4 is 16.3 Å². The number of carbonyl (C=O) groups excluding carboxylic acids is 1. The molecule has 0 radical (unpaired) electrons. The SMILES string of the molecule is Cc1csc(CNC(=O)Nc2ccc3c(c2)n(C)c(=O)n3C)n1. The molecule has 2 aromatic heterocycles. The number of hydrogen-bond donors (Lipinski definition) is 2. The molecule has 0 fully saturated rings. The van der Waals surface area contributed by atoms with Crippen LogP contribution in [0.1, 0.15) is 10.7 Å². The minimum Gasteiger partial charge on any atom is -0.331 e. The Morgan fingerprint density at radius 2 is 2.00 bits per heavy atom. The molecule has 2 heterocycles. The van der Waals surface area contributed by atoms with Gasteiger partial charge in [-0.05, 0) is 25.1 Å². The van der Waals surface area contributed by atoms with Crippen molar-refractivity contribution in [2.75, 3.05) is 5.32 Å². The molecule has 0 aliphatic heterocycles. The van der Waals surface area contributed by atoms with E-state index >= 15 is 0 Å². The van der Waals surface area contributed by atoms with Crippen molar-refractivity contribution in [2.45, 2.75) is 13.5 Å². The smallest absolute Gasteiger partial charge is 0.328 e. The lowest BCUT2D eigenvalue weighted by Crippen LogP contribution is -2.28. The highest BCUT2D eigenvalue weighted by molar-refractivity contribution is 7.09. The third-order valence-corrected chi connectivity index (χ3v) is 4.56. The molecular weight excluding hydrogens is 314 g/mol. The summed E-state index contributed by atoms with van der Waals surface area (Å²) >= 11 is 1.51. The Morgan fingerprint density at radius 1 is 1.26 bits per heavy atom. The summed E-state index contributed by atoms with van der Waals surface area (Å²) in [5.74, 6) is 0. The Kier molecular flexibility index (Phi) is 3.91. The maximum absolute atomic E-state index is 12.0. The lowest BCUT2D eigenvalue weighted by Gasteiger charge is -2.07. The molecule has 0 spiro atoms. The average molecular weight is 331 g/mol. The molecule has 0 aliphatic carbocycles. The van der Waals surface area contributed by atoms with Gasteiger partial charge in [0.2, 0.25) is 0 Å². The maximum atomic E-state index is 12.0. The van der Waals surface area contributed by atoms with Gasteiger partial charge in [0, 0.05) is 30.9 Å². The van der Waals surface area contributed by atoms with Crippen molar-refractivity contribution in [2.24, 2.45) is 14.1 Å². The lowest BCUT2D eigenvalue weighted by molar-refractivity contribution is 0.251. The number of aromatic nitrogens is 3. The first-order chi connectivity index (χ1) is 11.0. The predicted molar refractivity (Wildman–Crippen MR) is 90.9 cm³/mol. The van der Waals surface area contributed by atoms with E-state index in [0.717, 1.165) is 21.7 Å². The zero-order valence-corrected chi connectivity index (χ0v) is 13.9. The van der Waals surface area contributed by atoms with Gasteiger partial charge in [-0.2, -0.15) is 0 Å². The monoisotopic (exact) mass is 331 g/mol. The van der Waals surface area contributed by atoms with E-state index in [-0.39, 0.29) is 11.7 Å². The van der Waals surface area contributed by atoms with Crippen molar-refractivity contribution in [1.82, 2.24) is 19.4 Å². The highest BCUT2D eigenvalue weighted by atomic mass is 32.1. The first kappa shape index (κ1) is 15.3. The van der Waals surface area contributed by atoms with Gasteiger partial charge < -0.3 is 10.6 Å². The topological polar surface area (TPSA) is 81.0 Å². The van der Waals surface area contributed by atoms with E-state index in [0.29, 0.717) is 12.2 Å². The number of imidazole rings is 1. The van der Waals surface area contributed by atoms with Crippen LogP contribution in [0.25, 0.3) is 11.0 Å². The number of nitrogens with zero attached hydrogens (tertiary/aromatic N) is 3. The van der Waals surface area contributed by atoms with Crippen molar-refractivity contribution < 1.29 is 4.79 Å². The Morgan fingerprint density at radius 3 is 2.70 bits per heavy atom. The molecule has 2 N–H and O–H groups in total. The van der Waals surface area contributed by atoms with Gasteiger partial charge in [0.1, 0.15) is 5.01 Å². The van der Waals surface area contributed by atoms with E-state index in [1.165, 1.54) is 11.3 Å². The van der Waals surface area contributed by atoms with Crippen LogP contribution in [0.4, 0.5) is 10.5 Å². The summed E-state index contributed by atoms with van der Waals surface area (Å²) in [7, 11) is 3.43. The predicted octanol–water partition coefficient (Wildman–Crippen LogP) is 1.96. The van der Waals surface area contributed by atoms with Crippen LogP contribution in [0.5, 0.6) is 0 Å². The van der Waals surface area contributed by atoms with Gasteiger partial charge in [-0.3, -0.25) is 9.13 Å².